The Morgan fingerprint density at radius 1 is 1.43 bits per heavy atom. The van der Waals surface area contributed by atoms with E-state index in [2.05, 4.69) is 35.4 Å². The molecule has 0 unspecified atom stereocenters. The van der Waals surface area contributed by atoms with Crippen molar-refractivity contribution in [3.8, 4) is 0 Å². The number of carbonyl (C=O) groups is 1. The molecule has 0 saturated carbocycles. The third-order valence-corrected chi connectivity index (χ3v) is 5.10. The van der Waals surface area contributed by atoms with Crippen LogP contribution in [0.25, 0.3) is 10.9 Å². The standard InChI is InChI=1S/C18H23N3O2/c1-12-17-15(14-6-2-3-7-16(14)20-17)8-9-21(12)18(22)19-11-13-5-4-10-23-13/h2-3,6-7,12-13,20H,4-5,8-11H2,1H3,(H,19,22)/t12-,13-/m0/s1. The molecule has 1 fully saturated rings. The van der Waals surface area contributed by atoms with Gasteiger partial charge in [-0.2, -0.15) is 0 Å². The number of hydrogen-bond acceptors (Lipinski definition) is 2. The number of ether oxygens (including phenoxy) is 1. The molecule has 3 heterocycles. The Morgan fingerprint density at radius 3 is 3.13 bits per heavy atom. The monoisotopic (exact) mass is 313 g/mol. The predicted molar refractivity (Wildman–Crippen MR) is 89.5 cm³/mol. The maximum Gasteiger partial charge on any atom is 0.318 e. The summed E-state index contributed by atoms with van der Waals surface area (Å²) in [5, 5.41) is 4.32. The van der Waals surface area contributed by atoms with Crippen LogP contribution in [0, 0.1) is 0 Å². The molecule has 0 radical (unpaired) electrons. The number of amides is 2. The van der Waals surface area contributed by atoms with Crippen molar-refractivity contribution in [1.82, 2.24) is 15.2 Å². The number of H-pyrrole nitrogens is 1. The minimum absolute atomic E-state index is 0.0114. The highest BCUT2D eigenvalue weighted by Crippen LogP contribution is 2.34. The summed E-state index contributed by atoms with van der Waals surface area (Å²) >= 11 is 0. The van der Waals surface area contributed by atoms with Crippen molar-refractivity contribution in [2.45, 2.75) is 38.3 Å². The van der Waals surface area contributed by atoms with Gasteiger partial charge in [0.1, 0.15) is 0 Å². The summed E-state index contributed by atoms with van der Waals surface area (Å²) < 4.78 is 5.57. The molecule has 5 heteroatoms. The van der Waals surface area contributed by atoms with Gasteiger partial charge in [0.15, 0.2) is 0 Å². The van der Waals surface area contributed by atoms with E-state index in [0.29, 0.717) is 6.54 Å². The van der Waals surface area contributed by atoms with Crippen LogP contribution < -0.4 is 5.32 Å². The molecule has 2 aliphatic rings. The Balaban J connectivity index is 1.50. The predicted octanol–water partition coefficient (Wildman–Crippen LogP) is 2.98. The van der Waals surface area contributed by atoms with Crippen molar-refractivity contribution in [1.29, 1.82) is 0 Å². The van der Waals surface area contributed by atoms with E-state index in [4.69, 9.17) is 4.74 Å². The summed E-state index contributed by atoms with van der Waals surface area (Å²) in [5.41, 5.74) is 3.69. The summed E-state index contributed by atoms with van der Waals surface area (Å²) in [5.74, 6) is 0. The molecule has 0 aliphatic carbocycles. The lowest BCUT2D eigenvalue weighted by atomic mass is 9.98. The average molecular weight is 313 g/mol. The summed E-state index contributed by atoms with van der Waals surface area (Å²) in [6.07, 6.45) is 3.22. The Labute approximate surface area is 136 Å². The van der Waals surface area contributed by atoms with E-state index in [0.717, 1.165) is 37.9 Å². The molecule has 2 aliphatic heterocycles. The quantitative estimate of drug-likeness (QED) is 0.895. The van der Waals surface area contributed by atoms with Gasteiger partial charge < -0.3 is 19.9 Å². The van der Waals surface area contributed by atoms with Gasteiger partial charge in [0, 0.05) is 36.3 Å². The second-order valence-corrected chi connectivity index (χ2v) is 6.50. The van der Waals surface area contributed by atoms with Gasteiger partial charge in [-0.1, -0.05) is 18.2 Å². The minimum Gasteiger partial charge on any atom is -0.376 e. The van der Waals surface area contributed by atoms with Crippen molar-refractivity contribution in [2.75, 3.05) is 19.7 Å². The van der Waals surface area contributed by atoms with E-state index in [-0.39, 0.29) is 18.2 Å². The lowest BCUT2D eigenvalue weighted by molar-refractivity contribution is 0.107. The van der Waals surface area contributed by atoms with Crippen LogP contribution in [0.15, 0.2) is 24.3 Å². The molecule has 2 aromatic rings. The summed E-state index contributed by atoms with van der Waals surface area (Å²) in [7, 11) is 0. The molecule has 0 spiro atoms. The molecule has 1 aromatic carbocycles. The Kier molecular flexibility index (Phi) is 3.73. The summed E-state index contributed by atoms with van der Waals surface area (Å²) in [4.78, 5) is 18.0. The van der Waals surface area contributed by atoms with Gasteiger partial charge in [-0.3, -0.25) is 0 Å². The highest BCUT2D eigenvalue weighted by Gasteiger charge is 2.30. The van der Waals surface area contributed by atoms with Crippen LogP contribution in [0.2, 0.25) is 0 Å². The lowest BCUT2D eigenvalue weighted by Crippen LogP contribution is -2.46. The number of nitrogens with one attached hydrogen (secondary N) is 2. The summed E-state index contributed by atoms with van der Waals surface area (Å²) in [6, 6.07) is 8.45. The van der Waals surface area contributed by atoms with Gasteiger partial charge in [-0.25, -0.2) is 4.79 Å². The van der Waals surface area contributed by atoms with Crippen LogP contribution >= 0.6 is 0 Å². The maximum atomic E-state index is 12.5. The zero-order valence-electron chi connectivity index (χ0n) is 13.5. The van der Waals surface area contributed by atoms with Crippen molar-refractivity contribution in [3.63, 3.8) is 0 Å². The van der Waals surface area contributed by atoms with Crippen LogP contribution in [0.3, 0.4) is 0 Å². The van der Waals surface area contributed by atoms with Gasteiger partial charge in [-0.15, -0.1) is 0 Å². The third kappa shape index (κ3) is 2.59. The van der Waals surface area contributed by atoms with Gasteiger partial charge in [0.05, 0.1) is 12.1 Å². The van der Waals surface area contributed by atoms with Crippen molar-refractivity contribution >= 4 is 16.9 Å². The van der Waals surface area contributed by atoms with E-state index in [1.165, 1.54) is 16.6 Å². The number of fused-ring (bicyclic) bond motifs is 3. The molecule has 2 atom stereocenters. The first kappa shape index (κ1) is 14.6. The van der Waals surface area contributed by atoms with E-state index in [1.807, 2.05) is 11.0 Å². The number of rotatable bonds is 2. The SMILES string of the molecule is C[C@H]1c2[nH]c3ccccc3c2CCN1C(=O)NC[C@@H]1CCCO1. The van der Waals surface area contributed by atoms with Gasteiger partial charge >= 0.3 is 6.03 Å². The Bertz CT molecular complexity index is 718. The Morgan fingerprint density at radius 2 is 2.30 bits per heavy atom. The number of carbonyl (C=O) groups excluding carboxylic acids is 1. The van der Waals surface area contributed by atoms with Crippen LogP contribution in [-0.4, -0.2) is 41.7 Å². The molecule has 23 heavy (non-hydrogen) atoms. The van der Waals surface area contributed by atoms with E-state index in [1.54, 1.807) is 0 Å². The number of hydrogen-bond donors (Lipinski definition) is 2. The first-order valence-corrected chi connectivity index (χ1v) is 8.49. The largest absolute Gasteiger partial charge is 0.376 e. The molecular formula is C18H23N3O2. The normalized spacial score (nSPS) is 24.0. The molecule has 0 bridgehead atoms. The number of benzene rings is 1. The Hall–Kier alpha value is -2.01. The highest BCUT2D eigenvalue weighted by molar-refractivity contribution is 5.86. The first-order chi connectivity index (χ1) is 11.2. The number of nitrogens with zero attached hydrogens (tertiary/aromatic N) is 1. The van der Waals surface area contributed by atoms with Crippen molar-refractivity contribution < 1.29 is 9.53 Å². The fourth-order valence-electron chi connectivity index (χ4n) is 3.81. The number of aromatic nitrogens is 1. The average Bonchev–Trinajstić information content (AvgIpc) is 3.21. The number of para-hydroxylation sites is 1. The van der Waals surface area contributed by atoms with Crippen LogP contribution in [0.4, 0.5) is 4.79 Å². The number of urea groups is 1. The molecule has 2 amide bonds. The highest BCUT2D eigenvalue weighted by atomic mass is 16.5. The zero-order chi connectivity index (χ0) is 15.8. The van der Waals surface area contributed by atoms with E-state index >= 15 is 0 Å². The molecular weight excluding hydrogens is 290 g/mol. The van der Waals surface area contributed by atoms with Crippen LogP contribution in [0.1, 0.15) is 37.1 Å². The maximum absolute atomic E-state index is 12.5. The van der Waals surface area contributed by atoms with Gasteiger partial charge in [0.25, 0.3) is 0 Å². The van der Waals surface area contributed by atoms with E-state index < -0.39 is 0 Å². The third-order valence-electron chi connectivity index (χ3n) is 5.10. The van der Waals surface area contributed by atoms with Crippen LogP contribution in [0.5, 0.6) is 0 Å². The second-order valence-electron chi connectivity index (χ2n) is 6.50. The summed E-state index contributed by atoms with van der Waals surface area (Å²) in [6.45, 7) is 4.28. The van der Waals surface area contributed by atoms with Gasteiger partial charge in [0.2, 0.25) is 0 Å². The lowest BCUT2D eigenvalue weighted by Gasteiger charge is -2.33. The molecule has 2 N–H and O–H groups in total. The zero-order valence-corrected chi connectivity index (χ0v) is 13.5. The second kappa shape index (κ2) is 5.89. The van der Waals surface area contributed by atoms with Gasteiger partial charge in [-0.05, 0) is 37.8 Å². The smallest absolute Gasteiger partial charge is 0.318 e. The van der Waals surface area contributed by atoms with Crippen molar-refractivity contribution in [2.24, 2.45) is 0 Å². The van der Waals surface area contributed by atoms with E-state index in [9.17, 15) is 4.79 Å². The fourth-order valence-corrected chi connectivity index (χ4v) is 3.81. The topological polar surface area (TPSA) is 57.4 Å². The van der Waals surface area contributed by atoms with Crippen LogP contribution in [-0.2, 0) is 11.2 Å². The minimum atomic E-state index is 0.0114. The fraction of sp³-hybridized carbons (Fsp3) is 0.500. The molecule has 1 saturated heterocycles. The molecule has 1 aromatic heterocycles. The number of aromatic amines is 1. The van der Waals surface area contributed by atoms with Crippen molar-refractivity contribution in [3.05, 3.63) is 35.5 Å². The molecule has 5 nitrogen and oxygen atoms in total. The molecule has 4 rings (SSSR count). The first-order valence-electron chi connectivity index (χ1n) is 8.49. The molecule has 122 valence electrons.